The van der Waals surface area contributed by atoms with Gasteiger partial charge in [-0.15, -0.1) is 0 Å². The Bertz CT molecular complexity index is 554. The van der Waals surface area contributed by atoms with Crippen LogP contribution in [-0.4, -0.2) is 35.7 Å². The van der Waals surface area contributed by atoms with Crippen LogP contribution in [0.3, 0.4) is 0 Å². The van der Waals surface area contributed by atoms with Crippen molar-refractivity contribution in [3.8, 4) is 0 Å². The number of rotatable bonds is 2. The zero-order chi connectivity index (χ0) is 17.0. The standard InChI is InChI=1S/C18H27BrN2O2/c1-13-7-8-16(15(19)12-13)20-14-6-5-10-21(11-9-14)17(22)23-18(2,3)4/h7-8,12,14,20H,5-6,9-11H2,1-4H3. The number of ether oxygens (including phenoxy) is 1. The van der Waals surface area contributed by atoms with E-state index in [9.17, 15) is 4.79 Å². The Hall–Kier alpha value is -1.23. The first-order valence-electron chi connectivity index (χ1n) is 8.25. The Morgan fingerprint density at radius 2 is 2.04 bits per heavy atom. The van der Waals surface area contributed by atoms with E-state index in [4.69, 9.17) is 4.74 Å². The molecular weight excluding hydrogens is 356 g/mol. The molecule has 0 saturated carbocycles. The summed E-state index contributed by atoms with van der Waals surface area (Å²) in [7, 11) is 0. The molecule has 1 unspecified atom stereocenters. The summed E-state index contributed by atoms with van der Waals surface area (Å²) in [6.45, 7) is 9.29. The van der Waals surface area contributed by atoms with Gasteiger partial charge in [0.1, 0.15) is 5.60 Å². The number of carbonyl (C=O) groups excluding carboxylic acids is 1. The SMILES string of the molecule is Cc1ccc(NC2CCCN(C(=O)OC(C)(C)C)CC2)c(Br)c1. The predicted octanol–water partition coefficient (Wildman–Crippen LogP) is 4.96. The summed E-state index contributed by atoms with van der Waals surface area (Å²) in [5, 5.41) is 3.60. The molecule has 1 aromatic carbocycles. The molecule has 4 nitrogen and oxygen atoms in total. The van der Waals surface area contributed by atoms with Gasteiger partial charge in [-0.2, -0.15) is 0 Å². The van der Waals surface area contributed by atoms with Crippen molar-refractivity contribution in [3.63, 3.8) is 0 Å². The largest absolute Gasteiger partial charge is 0.444 e. The molecule has 1 aliphatic rings. The highest BCUT2D eigenvalue weighted by Gasteiger charge is 2.25. The fourth-order valence-corrected chi connectivity index (χ4v) is 3.31. The van der Waals surface area contributed by atoms with Gasteiger partial charge in [0.05, 0.1) is 0 Å². The molecule has 1 aromatic rings. The summed E-state index contributed by atoms with van der Waals surface area (Å²) < 4.78 is 6.57. The van der Waals surface area contributed by atoms with Crippen LogP contribution in [0.1, 0.15) is 45.6 Å². The topological polar surface area (TPSA) is 41.6 Å². The van der Waals surface area contributed by atoms with Gasteiger partial charge in [0.15, 0.2) is 0 Å². The van der Waals surface area contributed by atoms with Gasteiger partial charge >= 0.3 is 6.09 Å². The summed E-state index contributed by atoms with van der Waals surface area (Å²) in [4.78, 5) is 14.0. The van der Waals surface area contributed by atoms with Crippen molar-refractivity contribution < 1.29 is 9.53 Å². The lowest BCUT2D eigenvalue weighted by Gasteiger charge is -2.26. The van der Waals surface area contributed by atoms with E-state index in [0.717, 1.165) is 42.5 Å². The molecule has 1 N–H and O–H groups in total. The van der Waals surface area contributed by atoms with E-state index in [2.05, 4.69) is 46.4 Å². The van der Waals surface area contributed by atoms with Crippen molar-refractivity contribution in [2.75, 3.05) is 18.4 Å². The first-order chi connectivity index (χ1) is 10.7. The maximum Gasteiger partial charge on any atom is 0.410 e. The first kappa shape index (κ1) is 18.1. The Morgan fingerprint density at radius 3 is 2.70 bits per heavy atom. The summed E-state index contributed by atoms with van der Waals surface area (Å²) in [6.07, 6.45) is 2.77. The van der Waals surface area contributed by atoms with Gasteiger partial charge < -0.3 is 15.0 Å². The van der Waals surface area contributed by atoms with Crippen molar-refractivity contribution in [1.29, 1.82) is 0 Å². The van der Waals surface area contributed by atoms with Crippen molar-refractivity contribution in [2.24, 2.45) is 0 Å². The molecule has 5 heteroatoms. The Balaban J connectivity index is 1.92. The number of nitrogens with one attached hydrogen (secondary N) is 1. The van der Waals surface area contributed by atoms with E-state index < -0.39 is 5.60 Å². The van der Waals surface area contributed by atoms with Crippen LogP contribution in [0.4, 0.5) is 10.5 Å². The van der Waals surface area contributed by atoms with E-state index in [1.807, 2.05) is 25.7 Å². The van der Waals surface area contributed by atoms with Crippen molar-refractivity contribution >= 4 is 27.7 Å². The molecule has 1 heterocycles. The van der Waals surface area contributed by atoms with Gasteiger partial charge in [-0.1, -0.05) is 6.07 Å². The van der Waals surface area contributed by atoms with E-state index in [0.29, 0.717) is 6.04 Å². The smallest absolute Gasteiger partial charge is 0.410 e. The molecule has 128 valence electrons. The third kappa shape index (κ3) is 5.72. The lowest BCUT2D eigenvalue weighted by molar-refractivity contribution is 0.0256. The zero-order valence-electron chi connectivity index (χ0n) is 14.5. The molecule has 1 fully saturated rings. The van der Waals surface area contributed by atoms with Crippen LogP contribution in [0.5, 0.6) is 0 Å². The molecule has 0 bridgehead atoms. The second-order valence-electron chi connectivity index (χ2n) is 7.22. The summed E-state index contributed by atoms with van der Waals surface area (Å²) in [6, 6.07) is 6.71. The Kier molecular flexibility index (Phi) is 5.95. The average Bonchev–Trinajstić information content (AvgIpc) is 2.66. The summed E-state index contributed by atoms with van der Waals surface area (Å²) in [5.41, 5.74) is 1.92. The van der Waals surface area contributed by atoms with Crippen LogP contribution >= 0.6 is 15.9 Å². The molecule has 0 aromatic heterocycles. The molecule has 0 radical (unpaired) electrons. The second kappa shape index (κ2) is 7.56. The third-order valence-electron chi connectivity index (χ3n) is 3.86. The number of nitrogens with zero attached hydrogens (tertiary/aromatic N) is 1. The molecule has 1 atom stereocenters. The number of benzene rings is 1. The molecule has 0 aliphatic carbocycles. The monoisotopic (exact) mass is 382 g/mol. The van der Waals surface area contributed by atoms with Gasteiger partial charge in [-0.05, 0) is 80.6 Å². The molecule has 0 spiro atoms. The molecule has 2 rings (SSSR count). The van der Waals surface area contributed by atoms with Gasteiger partial charge in [0.2, 0.25) is 0 Å². The number of hydrogen-bond acceptors (Lipinski definition) is 3. The number of hydrogen-bond donors (Lipinski definition) is 1. The van der Waals surface area contributed by atoms with Crippen LogP contribution in [0.25, 0.3) is 0 Å². The zero-order valence-corrected chi connectivity index (χ0v) is 16.1. The average molecular weight is 383 g/mol. The Labute approximate surface area is 147 Å². The van der Waals surface area contributed by atoms with Crippen LogP contribution in [0, 0.1) is 6.92 Å². The lowest BCUT2D eigenvalue weighted by atomic mass is 10.1. The van der Waals surface area contributed by atoms with Crippen LogP contribution in [0.15, 0.2) is 22.7 Å². The summed E-state index contributed by atoms with van der Waals surface area (Å²) >= 11 is 3.61. The summed E-state index contributed by atoms with van der Waals surface area (Å²) in [5.74, 6) is 0. The number of likely N-dealkylation sites (tertiary alicyclic amines) is 1. The fourth-order valence-electron chi connectivity index (χ4n) is 2.71. The number of amides is 1. The van der Waals surface area contributed by atoms with Gasteiger partial charge in [0, 0.05) is 29.3 Å². The van der Waals surface area contributed by atoms with Crippen molar-refractivity contribution in [1.82, 2.24) is 4.90 Å². The van der Waals surface area contributed by atoms with Gasteiger partial charge in [0.25, 0.3) is 0 Å². The molecule has 1 amide bonds. The highest BCUT2D eigenvalue weighted by Crippen LogP contribution is 2.26. The number of halogens is 1. The van der Waals surface area contributed by atoms with E-state index in [-0.39, 0.29) is 6.09 Å². The maximum absolute atomic E-state index is 12.2. The number of anilines is 1. The number of carbonyl (C=O) groups is 1. The minimum atomic E-state index is -0.437. The second-order valence-corrected chi connectivity index (χ2v) is 8.08. The normalized spacial score (nSPS) is 19.2. The van der Waals surface area contributed by atoms with Crippen LogP contribution in [-0.2, 0) is 4.74 Å². The van der Waals surface area contributed by atoms with E-state index in [1.54, 1.807) is 0 Å². The van der Waals surface area contributed by atoms with Gasteiger partial charge in [-0.3, -0.25) is 0 Å². The quantitative estimate of drug-likeness (QED) is 0.785. The molecule has 1 saturated heterocycles. The highest BCUT2D eigenvalue weighted by molar-refractivity contribution is 9.10. The van der Waals surface area contributed by atoms with E-state index >= 15 is 0 Å². The molecule has 1 aliphatic heterocycles. The minimum absolute atomic E-state index is 0.199. The van der Waals surface area contributed by atoms with Gasteiger partial charge in [-0.25, -0.2) is 4.79 Å². The maximum atomic E-state index is 12.2. The van der Waals surface area contributed by atoms with Crippen molar-refractivity contribution in [2.45, 2.75) is 58.6 Å². The number of aryl methyl sites for hydroxylation is 1. The molecule has 23 heavy (non-hydrogen) atoms. The van der Waals surface area contributed by atoms with Crippen LogP contribution < -0.4 is 5.32 Å². The van der Waals surface area contributed by atoms with E-state index in [1.165, 1.54) is 5.56 Å². The first-order valence-corrected chi connectivity index (χ1v) is 9.04. The molecular formula is C18H27BrN2O2. The predicted molar refractivity (Wildman–Crippen MR) is 97.9 cm³/mol. The van der Waals surface area contributed by atoms with Crippen LogP contribution in [0.2, 0.25) is 0 Å². The Morgan fingerprint density at radius 1 is 1.30 bits per heavy atom. The lowest BCUT2D eigenvalue weighted by Crippen LogP contribution is -2.37. The third-order valence-corrected chi connectivity index (χ3v) is 4.52. The van der Waals surface area contributed by atoms with Crippen molar-refractivity contribution in [3.05, 3.63) is 28.2 Å². The fraction of sp³-hybridized carbons (Fsp3) is 0.611. The minimum Gasteiger partial charge on any atom is -0.444 e. The highest BCUT2D eigenvalue weighted by atomic mass is 79.9.